The van der Waals surface area contributed by atoms with Crippen molar-refractivity contribution in [1.29, 1.82) is 0 Å². The van der Waals surface area contributed by atoms with Crippen molar-refractivity contribution in [2.75, 3.05) is 0 Å². The van der Waals surface area contributed by atoms with Gasteiger partial charge in [-0.3, -0.25) is 4.79 Å². The van der Waals surface area contributed by atoms with Crippen LogP contribution in [0, 0.1) is 0 Å². The molecule has 8 nitrogen and oxygen atoms in total. The molecule has 0 bridgehead atoms. The molecule has 2 aromatic carbocycles. The van der Waals surface area contributed by atoms with Crippen LogP contribution in [-0.2, 0) is 27.9 Å². The van der Waals surface area contributed by atoms with E-state index < -0.39 is 22.0 Å². The number of rotatable bonds is 4. The first-order valence-corrected chi connectivity index (χ1v) is 11.9. The molecule has 1 N–H and O–H groups in total. The second-order valence-electron chi connectivity index (χ2n) is 7.08. The Labute approximate surface area is 186 Å². The molecule has 5 rings (SSSR count). The smallest absolute Gasteiger partial charge is 0.283 e. The van der Waals surface area contributed by atoms with Gasteiger partial charge < -0.3 is 10.0 Å². The lowest BCUT2D eigenvalue weighted by Crippen LogP contribution is -2.31. The first-order chi connectivity index (χ1) is 14.8. The average molecular weight is 475 g/mol. The quantitative estimate of drug-likeness (QED) is 0.487. The van der Waals surface area contributed by atoms with Crippen molar-refractivity contribution >= 4 is 49.1 Å². The molecule has 0 spiro atoms. The number of hydrogen-bond donors (Lipinski definition) is 1. The highest BCUT2D eigenvalue weighted by atomic mass is 35.5. The first kappa shape index (κ1) is 20.1. The molecular weight excluding hydrogens is 460 g/mol. The number of benzene rings is 2. The summed E-state index contributed by atoms with van der Waals surface area (Å²) in [6.07, 6.45) is 0.0103. The number of halogens is 1. The van der Waals surface area contributed by atoms with Crippen molar-refractivity contribution in [3.8, 4) is 0 Å². The van der Waals surface area contributed by atoms with E-state index in [0.29, 0.717) is 21.8 Å². The summed E-state index contributed by atoms with van der Waals surface area (Å²) < 4.78 is 27.7. The third kappa shape index (κ3) is 3.41. The highest BCUT2D eigenvalue weighted by molar-refractivity contribution is 7.89. The normalized spacial score (nSPS) is 14.7. The second-order valence-corrected chi connectivity index (χ2v) is 10.2. The Hall–Kier alpha value is -2.79. The minimum absolute atomic E-state index is 0.103. The maximum atomic E-state index is 13.0. The first-order valence-electron chi connectivity index (χ1n) is 9.22. The lowest BCUT2D eigenvalue weighted by Gasteiger charge is -2.20. The summed E-state index contributed by atoms with van der Waals surface area (Å²) in [5, 5.41) is 15.0. The Morgan fingerprint density at radius 3 is 2.77 bits per heavy atom. The molecule has 158 valence electrons. The Morgan fingerprint density at radius 2 is 2.00 bits per heavy atom. The number of thiazole rings is 1. The minimum atomic E-state index is -3.87. The number of carbonyl (C=O) groups is 1. The van der Waals surface area contributed by atoms with Gasteiger partial charge in [-0.05, 0) is 24.3 Å². The molecule has 1 aliphatic rings. The van der Waals surface area contributed by atoms with Crippen molar-refractivity contribution in [3.63, 3.8) is 0 Å². The largest absolute Gasteiger partial charge is 0.378 e. The summed E-state index contributed by atoms with van der Waals surface area (Å²) >= 11 is 7.44. The van der Waals surface area contributed by atoms with E-state index in [1.807, 2.05) is 0 Å². The zero-order valence-corrected chi connectivity index (χ0v) is 18.2. The number of carbonyl (C=O) groups excluding carboxylic acids is 1. The van der Waals surface area contributed by atoms with Gasteiger partial charge in [-0.2, -0.15) is 17.6 Å². The fraction of sp³-hybridized carbons (Fsp3) is 0.150. The number of aliphatic hydroxyl groups is 1. The van der Waals surface area contributed by atoms with Crippen LogP contribution < -0.4 is 0 Å². The number of fused-ring (bicyclic) bond motifs is 2. The summed E-state index contributed by atoms with van der Waals surface area (Å²) in [5.74, 6) is -0.517. The molecule has 4 aromatic rings. The van der Waals surface area contributed by atoms with Crippen LogP contribution in [0.3, 0.4) is 0 Å². The van der Waals surface area contributed by atoms with Crippen LogP contribution in [0.4, 0.5) is 0 Å². The molecular formula is C20H15ClN4O4S2. The molecule has 0 unspecified atom stereocenters. The average Bonchev–Trinajstić information content (AvgIpc) is 3.47. The zero-order chi connectivity index (χ0) is 21.8. The Bertz CT molecular complexity index is 1410. The standard InChI is InChI=1S/C20H15ClN4O4S2/c21-15-4-2-1-3-14(15)19(26)20(27)24-8-12-9-25(23-17(12)10-24)31(28,29)13-5-6-16-18(7-13)30-11-22-16/h1-7,9,11,19,26H,8,10H2/t19-/m1/s1. The van der Waals surface area contributed by atoms with Crippen molar-refractivity contribution < 1.29 is 18.3 Å². The predicted molar refractivity (Wildman–Crippen MR) is 115 cm³/mol. The maximum absolute atomic E-state index is 13.0. The molecule has 0 aliphatic carbocycles. The van der Waals surface area contributed by atoms with Crippen LogP contribution in [0.15, 0.2) is 59.1 Å². The molecule has 1 amide bonds. The molecule has 1 aliphatic heterocycles. The Balaban J connectivity index is 1.37. The van der Waals surface area contributed by atoms with Gasteiger partial charge in [0.05, 0.1) is 32.9 Å². The summed E-state index contributed by atoms with van der Waals surface area (Å²) in [6, 6.07) is 11.3. The van der Waals surface area contributed by atoms with E-state index in [-0.39, 0.29) is 18.0 Å². The van der Waals surface area contributed by atoms with E-state index >= 15 is 0 Å². The lowest BCUT2D eigenvalue weighted by atomic mass is 10.1. The zero-order valence-electron chi connectivity index (χ0n) is 15.8. The van der Waals surface area contributed by atoms with E-state index in [1.54, 1.807) is 41.9 Å². The molecule has 0 fully saturated rings. The van der Waals surface area contributed by atoms with E-state index in [9.17, 15) is 18.3 Å². The molecule has 2 aromatic heterocycles. The molecule has 0 saturated carbocycles. The van der Waals surface area contributed by atoms with Gasteiger partial charge in [-0.1, -0.05) is 29.8 Å². The molecule has 0 saturated heterocycles. The number of nitrogens with zero attached hydrogens (tertiary/aromatic N) is 4. The molecule has 0 radical (unpaired) electrons. The van der Waals surface area contributed by atoms with Gasteiger partial charge in [0.1, 0.15) is 0 Å². The van der Waals surface area contributed by atoms with Gasteiger partial charge in [-0.25, -0.2) is 4.98 Å². The Morgan fingerprint density at radius 1 is 1.19 bits per heavy atom. The van der Waals surface area contributed by atoms with Crippen molar-refractivity contribution in [3.05, 3.63) is 76.0 Å². The van der Waals surface area contributed by atoms with Gasteiger partial charge >= 0.3 is 0 Å². The monoisotopic (exact) mass is 474 g/mol. The third-order valence-electron chi connectivity index (χ3n) is 5.15. The second kappa shape index (κ2) is 7.41. The fourth-order valence-corrected chi connectivity index (χ4v) is 5.74. The Kier molecular flexibility index (Phi) is 4.82. The number of aliphatic hydroxyl groups excluding tert-OH is 1. The van der Waals surface area contributed by atoms with Gasteiger partial charge in [0.15, 0.2) is 6.10 Å². The molecule has 1 atom stereocenters. The van der Waals surface area contributed by atoms with Crippen LogP contribution in [0.2, 0.25) is 5.02 Å². The fourth-order valence-electron chi connectivity index (χ4n) is 3.51. The van der Waals surface area contributed by atoms with Gasteiger partial charge in [0.25, 0.3) is 15.9 Å². The summed E-state index contributed by atoms with van der Waals surface area (Å²) in [6.45, 7) is 0.255. The molecule has 3 heterocycles. The van der Waals surface area contributed by atoms with Crippen LogP contribution >= 0.6 is 22.9 Å². The van der Waals surface area contributed by atoms with Crippen LogP contribution in [-0.4, -0.2) is 38.5 Å². The van der Waals surface area contributed by atoms with Gasteiger partial charge in [0, 0.05) is 28.9 Å². The van der Waals surface area contributed by atoms with Gasteiger partial charge in [-0.15, -0.1) is 11.3 Å². The van der Waals surface area contributed by atoms with Crippen LogP contribution in [0.25, 0.3) is 10.2 Å². The van der Waals surface area contributed by atoms with Gasteiger partial charge in [0.2, 0.25) is 0 Å². The highest BCUT2D eigenvalue weighted by Gasteiger charge is 2.33. The highest BCUT2D eigenvalue weighted by Crippen LogP contribution is 2.30. The van der Waals surface area contributed by atoms with Crippen molar-refractivity contribution in [2.45, 2.75) is 24.1 Å². The topological polar surface area (TPSA) is 105 Å². The van der Waals surface area contributed by atoms with E-state index in [2.05, 4.69) is 10.1 Å². The van der Waals surface area contributed by atoms with Crippen molar-refractivity contribution in [2.24, 2.45) is 0 Å². The number of aromatic nitrogens is 3. The number of amides is 1. The SMILES string of the molecule is O=C([C@H](O)c1ccccc1Cl)N1Cc2cn(S(=O)(=O)c3ccc4ncsc4c3)nc2C1. The predicted octanol–water partition coefficient (Wildman–Crippen LogP) is 2.96. The summed E-state index contributed by atoms with van der Waals surface area (Å²) in [7, 11) is -3.87. The molecule has 11 heteroatoms. The third-order valence-corrected chi connectivity index (χ3v) is 7.82. The summed E-state index contributed by atoms with van der Waals surface area (Å²) in [5.41, 5.74) is 3.80. The van der Waals surface area contributed by atoms with E-state index in [4.69, 9.17) is 11.6 Å². The van der Waals surface area contributed by atoms with Crippen LogP contribution in [0.5, 0.6) is 0 Å². The molecule has 31 heavy (non-hydrogen) atoms. The number of hydrogen-bond acceptors (Lipinski definition) is 7. The maximum Gasteiger partial charge on any atom is 0.283 e. The van der Waals surface area contributed by atoms with E-state index in [1.165, 1.54) is 28.5 Å². The minimum Gasteiger partial charge on any atom is -0.378 e. The van der Waals surface area contributed by atoms with E-state index in [0.717, 1.165) is 14.3 Å². The van der Waals surface area contributed by atoms with Crippen molar-refractivity contribution in [1.82, 2.24) is 19.1 Å². The van der Waals surface area contributed by atoms with Crippen LogP contribution in [0.1, 0.15) is 22.9 Å². The lowest BCUT2D eigenvalue weighted by molar-refractivity contribution is -0.141. The summed E-state index contributed by atoms with van der Waals surface area (Å²) in [4.78, 5) is 18.4.